The average molecular weight is 390 g/mol. The maximum Gasteiger partial charge on any atom is 0.573 e. The van der Waals surface area contributed by atoms with Crippen molar-refractivity contribution in [1.29, 1.82) is 0 Å². The second-order valence-electron chi connectivity index (χ2n) is 7.39. The van der Waals surface area contributed by atoms with Crippen LogP contribution in [-0.4, -0.2) is 24.9 Å². The molecule has 4 nitrogen and oxygen atoms in total. The molecule has 0 aromatic heterocycles. The van der Waals surface area contributed by atoms with Crippen molar-refractivity contribution in [2.45, 2.75) is 31.8 Å². The Morgan fingerprint density at radius 2 is 1.75 bits per heavy atom. The molecule has 1 saturated carbocycles. The largest absolute Gasteiger partial charge is 0.573 e. The minimum atomic E-state index is -4.72. The first kappa shape index (κ1) is 18.8. The fraction of sp³-hybridized carbons (Fsp3) is 0.381. The van der Waals surface area contributed by atoms with Crippen LogP contribution >= 0.6 is 0 Å². The fourth-order valence-corrected chi connectivity index (χ4v) is 4.24. The Balaban J connectivity index is 1.34. The normalized spacial score (nSPS) is 24.5. The van der Waals surface area contributed by atoms with Crippen molar-refractivity contribution in [3.8, 4) is 5.75 Å². The summed E-state index contributed by atoms with van der Waals surface area (Å²) in [5.74, 6) is 0.0121. The topological polar surface area (TPSA) is 41.6 Å². The second kappa shape index (κ2) is 7.47. The summed E-state index contributed by atoms with van der Waals surface area (Å²) in [6.45, 7) is 1.38. The number of alkyl halides is 3. The van der Waals surface area contributed by atoms with Crippen LogP contribution in [0.1, 0.15) is 18.4 Å². The van der Waals surface area contributed by atoms with Crippen LogP contribution in [0.15, 0.2) is 54.6 Å². The number of halogens is 3. The molecule has 2 aromatic carbocycles. The molecule has 1 unspecified atom stereocenters. The van der Waals surface area contributed by atoms with Gasteiger partial charge in [0.25, 0.3) is 0 Å². The van der Waals surface area contributed by atoms with E-state index >= 15 is 0 Å². The second-order valence-corrected chi connectivity index (χ2v) is 7.39. The maximum atomic E-state index is 12.8. The number of carbonyl (C=O) groups excluding carboxylic acids is 1. The number of nitrogens with one attached hydrogen (secondary N) is 1. The summed E-state index contributed by atoms with van der Waals surface area (Å²) in [6.07, 6.45) is -3.00. The number of ether oxygens (including phenoxy) is 1. The number of fused-ring (bicyclic) bond motifs is 1. The first-order valence-corrected chi connectivity index (χ1v) is 9.33. The Labute approximate surface area is 161 Å². The lowest BCUT2D eigenvalue weighted by molar-refractivity contribution is -0.274. The van der Waals surface area contributed by atoms with E-state index in [1.165, 1.54) is 29.8 Å². The van der Waals surface area contributed by atoms with Gasteiger partial charge < -0.3 is 15.0 Å². The molecule has 4 rings (SSSR count). The third-order valence-electron chi connectivity index (χ3n) is 5.51. The van der Waals surface area contributed by atoms with Gasteiger partial charge in [-0.3, -0.25) is 4.79 Å². The highest BCUT2D eigenvalue weighted by Crippen LogP contribution is 2.41. The molecular weight excluding hydrogens is 369 g/mol. The quantitative estimate of drug-likeness (QED) is 0.835. The number of rotatable bonds is 5. The van der Waals surface area contributed by atoms with Crippen LogP contribution in [-0.2, 0) is 11.3 Å². The molecule has 28 heavy (non-hydrogen) atoms. The maximum absolute atomic E-state index is 12.8. The predicted octanol–water partition coefficient (Wildman–Crippen LogP) is 4.12. The molecule has 1 N–H and O–H groups in total. The third-order valence-corrected chi connectivity index (χ3v) is 5.51. The van der Waals surface area contributed by atoms with Crippen LogP contribution in [0.2, 0.25) is 0 Å². The molecule has 1 aliphatic heterocycles. The molecule has 0 bridgehead atoms. The zero-order valence-corrected chi connectivity index (χ0v) is 15.2. The van der Waals surface area contributed by atoms with Crippen LogP contribution in [0.4, 0.5) is 18.9 Å². The van der Waals surface area contributed by atoms with Gasteiger partial charge in [0.05, 0.1) is 0 Å². The lowest BCUT2D eigenvalue weighted by Gasteiger charge is -2.20. The van der Waals surface area contributed by atoms with Gasteiger partial charge in [-0.1, -0.05) is 30.3 Å². The highest BCUT2D eigenvalue weighted by molar-refractivity contribution is 5.98. The van der Waals surface area contributed by atoms with Crippen LogP contribution < -0.4 is 15.0 Å². The van der Waals surface area contributed by atoms with E-state index in [-0.39, 0.29) is 23.5 Å². The van der Waals surface area contributed by atoms with E-state index in [1.54, 1.807) is 4.90 Å². The minimum Gasteiger partial charge on any atom is -0.406 e. The monoisotopic (exact) mass is 390 g/mol. The first-order valence-electron chi connectivity index (χ1n) is 9.33. The molecule has 2 aliphatic rings. The number of hydrogen-bond acceptors (Lipinski definition) is 3. The molecule has 3 atom stereocenters. The summed E-state index contributed by atoms with van der Waals surface area (Å²) >= 11 is 0. The van der Waals surface area contributed by atoms with Crippen molar-refractivity contribution in [2.24, 2.45) is 11.8 Å². The number of benzene rings is 2. The first-order chi connectivity index (χ1) is 13.4. The van der Waals surface area contributed by atoms with Crippen molar-refractivity contribution < 1.29 is 22.7 Å². The Morgan fingerprint density at radius 3 is 2.39 bits per heavy atom. The van der Waals surface area contributed by atoms with Crippen molar-refractivity contribution in [3.63, 3.8) is 0 Å². The molecule has 1 amide bonds. The highest BCUT2D eigenvalue weighted by atomic mass is 19.4. The molecule has 2 aromatic rings. The van der Waals surface area contributed by atoms with E-state index in [0.29, 0.717) is 18.3 Å². The van der Waals surface area contributed by atoms with Gasteiger partial charge in [0, 0.05) is 30.7 Å². The van der Waals surface area contributed by atoms with Crippen molar-refractivity contribution >= 4 is 11.6 Å². The summed E-state index contributed by atoms with van der Waals surface area (Å²) in [4.78, 5) is 14.5. The van der Waals surface area contributed by atoms with E-state index in [9.17, 15) is 18.0 Å². The highest BCUT2D eigenvalue weighted by Gasteiger charge is 2.47. The summed E-state index contributed by atoms with van der Waals surface area (Å²) in [6, 6.07) is 15.9. The van der Waals surface area contributed by atoms with Gasteiger partial charge in [-0.05, 0) is 48.6 Å². The van der Waals surface area contributed by atoms with Gasteiger partial charge in [-0.25, -0.2) is 0 Å². The number of hydrogen-bond donors (Lipinski definition) is 1. The summed E-state index contributed by atoms with van der Waals surface area (Å²) in [5.41, 5.74) is 1.83. The number of carbonyl (C=O) groups is 1. The molecule has 1 saturated heterocycles. The molecule has 0 radical (unpaired) electrons. The van der Waals surface area contributed by atoms with E-state index in [4.69, 9.17) is 0 Å². The third kappa shape index (κ3) is 4.14. The van der Waals surface area contributed by atoms with Crippen LogP contribution in [0.3, 0.4) is 0 Å². The van der Waals surface area contributed by atoms with Gasteiger partial charge >= 0.3 is 6.36 Å². The SMILES string of the molecule is O=C1[C@H]2CC(NCc3ccccc3)C[C@H]2CN1c1ccc(OC(F)(F)F)cc1. The molecular formula is C21H21F3N2O2. The summed E-state index contributed by atoms with van der Waals surface area (Å²) < 4.78 is 40.7. The lowest BCUT2D eigenvalue weighted by Crippen LogP contribution is -2.32. The van der Waals surface area contributed by atoms with Crippen LogP contribution in [0.25, 0.3) is 0 Å². The zero-order chi connectivity index (χ0) is 19.7. The van der Waals surface area contributed by atoms with Gasteiger partial charge in [0.1, 0.15) is 5.75 Å². The van der Waals surface area contributed by atoms with Gasteiger partial charge in [-0.15, -0.1) is 13.2 Å². The number of nitrogens with zero attached hydrogens (tertiary/aromatic N) is 1. The standard InChI is InChI=1S/C21H21F3N2O2/c22-21(23,24)28-18-8-6-17(7-9-18)26-13-15-10-16(11-19(15)20(26)27)25-12-14-4-2-1-3-5-14/h1-9,15-16,19,25H,10-13H2/t15-,16?,19-/m0/s1. The lowest BCUT2D eigenvalue weighted by atomic mass is 10.0. The molecule has 0 spiro atoms. The molecule has 1 heterocycles. The van der Waals surface area contributed by atoms with E-state index in [2.05, 4.69) is 22.2 Å². The van der Waals surface area contributed by atoms with Gasteiger partial charge in [0.15, 0.2) is 0 Å². The van der Waals surface area contributed by atoms with Crippen LogP contribution in [0.5, 0.6) is 5.75 Å². The average Bonchev–Trinajstić information content (AvgIpc) is 3.19. The van der Waals surface area contributed by atoms with Crippen molar-refractivity contribution in [3.05, 3.63) is 60.2 Å². The molecule has 7 heteroatoms. The van der Waals surface area contributed by atoms with Crippen molar-refractivity contribution in [1.82, 2.24) is 5.32 Å². The smallest absolute Gasteiger partial charge is 0.406 e. The van der Waals surface area contributed by atoms with Crippen molar-refractivity contribution in [2.75, 3.05) is 11.4 Å². The van der Waals surface area contributed by atoms with Crippen LogP contribution in [0, 0.1) is 11.8 Å². The number of anilines is 1. The Kier molecular flexibility index (Phi) is 5.02. The molecule has 2 fully saturated rings. The minimum absolute atomic E-state index is 0.0284. The van der Waals surface area contributed by atoms with E-state index < -0.39 is 6.36 Å². The Morgan fingerprint density at radius 1 is 1.04 bits per heavy atom. The van der Waals surface area contributed by atoms with Gasteiger partial charge in [-0.2, -0.15) is 0 Å². The predicted molar refractivity (Wildman–Crippen MR) is 98.8 cm³/mol. The number of amides is 1. The Hall–Kier alpha value is -2.54. The van der Waals surface area contributed by atoms with E-state index in [1.807, 2.05) is 18.2 Å². The van der Waals surface area contributed by atoms with E-state index in [0.717, 1.165) is 19.4 Å². The Bertz CT molecular complexity index is 824. The fourth-order valence-electron chi connectivity index (χ4n) is 4.24. The summed E-state index contributed by atoms with van der Waals surface area (Å²) in [5, 5.41) is 3.54. The summed E-state index contributed by atoms with van der Waals surface area (Å²) in [7, 11) is 0. The molecule has 148 valence electrons. The molecule has 1 aliphatic carbocycles. The zero-order valence-electron chi connectivity index (χ0n) is 15.2. The van der Waals surface area contributed by atoms with Gasteiger partial charge in [0.2, 0.25) is 5.91 Å².